The maximum Gasteiger partial charge on any atom is 0.447 e. The second-order valence-corrected chi connectivity index (χ2v) is 4.65. The van der Waals surface area contributed by atoms with Gasteiger partial charge in [0.05, 0.1) is 0 Å². The number of hydrogen-bond donors (Lipinski definition) is 1. The van der Waals surface area contributed by atoms with Gasteiger partial charge in [0.2, 0.25) is 0 Å². The molecule has 0 spiro atoms. The first-order valence-electron chi connectivity index (χ1n) is 4.36. The molecule has 0 aliphatic rings. The normalized spacial score (nSPS) is 12.2. The number of rotatable bonds is 3. The summed E-state index contributed by atoms with van der Waals surface area (Å²) < 4.78 is 55.1. The molecule has 1 aromatic carbocycles. The fourth-order valence-electron chi connectivity index (χ4n) is 1.07. The number of alkyl halides is 2. The van der Waals surface area contributed by atoms with Crippen molar-refractivity contribution in [1.29, 1.82) is 0 Å². The lowest BCUT2D eigenvalue weighted by molar-refractivity contribution is -0.132. The van der Waals surface area contributed by atoms with Crippen LogP contribution in [-0.2, 0) is 14.9 Å². The standard InChI is InChI=1S/C9H9F2NO4S/c1-12(7-5-3-2-4-6-7)8(13)9(10,11)17(14,15)16/h2-6H,1H3,(H,14,15,16). The van der Waals surface area contributed by atoms with E-state index in [-0.39, 0.29) is 5.69 Å². The molecular weight excluding hydrogens is 256 g/mol. The SMILES string of the molecule is CN(C(=O)C(F)(F)S(=O)(=O)O)c1ccccc1. The molecule has 0 heterocycles. The van der Waals surface area contributed by atoms with Crippen LogP contribution in [0.3, 0.4) is 0 Å². The third kappa shape index (κ3) is 2.59. The fraction of sp³-hybridized carbons (Fsp3) is 0.222. The Kier molecular flexibility index (Phi) is 3.48. The van der Waals surface area contributed by atoms with Gasteiger partial charge in [0.25, 0.3) is 0 Å². The molecule has 5 nitrogen and oxygen atoms in total. The van der Waals surface area contributed by atoms with Crippen molar-refractivity contribution < 1.29 is 26.5 Å². The number of amides is 1. The molecule has 0 fully saturated rings. The van der Waals surface area contributed by atoms with E-state index in [1.807, 2.05) is 0 Å². The van der Waals surface area contributed by atoms with Crippen molar-refractivity contribution in [3.05, 3.63) is 30.3 Å². The number of hydrogen-bond acceptors (Lipinski definition) is 3. The van der Waals surface area contributed by atoms with Crippen LogP contribution in [0.1, 0.15) is 0 Å². The zero-order valence-electron chi connectivity index (χ0n) is 8.67. The first-order chi connectivity index (χ1) is 7.68. The van der Waals surface area contributed by atoms with E-state index < -0.39 is 21.3 Å². The monoisotopic (exact) mass is 265 g/mol. The van der Waals surface area contributed by atoms with Crippen molar-refractivity contribution in [3.63, 3.8) is 0 Å². The van der Waals surface area contributed by atoms with Crippen LogP contribution in [0.2, 0.25) is 0 Å². The Labute approximate surface area is 96.4 Å². The van der Waals surface area contributed by atoms with Crippen LogP contribution in [0.25, 0.3) is 0 Å². The maximum absolute atomic E-state index is 13.0. The maximum atomic E-state index is 13.0. The molecule has 0 atom stereocenters. The summed E-state index contributed by atoms with van der Waals surface area (Å²) in [5.41, 5.74) is 0.0841. The van der Waals surface area contributed by atoms with E-state index >= 15 is 0 Å². The zero-order valence-corrected chi connectivity index (χ0v) is 9.49. The Balaban J connectivity index is 3.08. The smallest absolute Gasteiger partial charge is 0.309 e. The highest BCUT2D eigenvalue weighted by molar-refractivity contribution is 7.87. The Bertz CT molecular complexity index is 515. The van der Waals surface area contributed by atoms with E-state index in [4.69, 9.17) is 4.55 Å². The molecule has 17 heavy (non-hydrogen) atoms. The topological polar surface area (TPSA) is 74.7 Å². The summed E-state index contributed by atoms with van der Waals surface area (Å²) in [6.07, 6.45) is 0. The highest BCUT2D eigenvalue weighted by Gasteiger charge is 2.54. The van der Waals surface area contributed by atoms with Gasteiger partial charge < -0.3 is 4.90 Å². The molecule has 0 radical (unpaired) electrons. The van der Waals surface area contributed by atoms with Gasteiger partial charge >= 0.3 is 21.3 Å². The number of benzene rings is 1. The summed E-state index contributed by atoms with van der Waals surface area (Å²) in [6.45, 7) is 0. The van der Waals surface area contributed by atoms with Crippen molar-refractivity contribution >= 4 is 21.7 Å². The van der Waals surface area contributed by atoms with Gasteiger partial charge in [0.1, 0.15) is 0 Å². The summed E-state index contributed by atoms with van der Waals surface area (Å²) in [6, 6.07) is 7.27. The molecule has 0 aliphatic heterocycles. The molecule has 94 valence electrons. The van der Waals surface area contributed by atoms with Crippen LogP contribution < -0.4 is 4.90 Å². The highest BCUT2D eigenvalue weighted by Crippen LogP contribution is 2.25. The molecule has 1 aromatic rings. The quantitative estimate of drug-likeness (QED) is 0.831. The summed E-state index contributed by atoms with van der Waals surface area (Å²) >= 11 is 0. The number of carbonyl (C=O) groups is 1. The van der Waals surface area contributed by atoms with Crippen LogP contribution in [-0.4, -0.2) is 31.2 Å². The van der Waals surface area contributed by atoms with E-state index in [2.05, 4.69) is 0 Å². The first kappa shape index (κ1) is 13.5. The lowest BCUT2D eigenvalue weighted by atomic mass is 10.3. The van der Waals surface area contributed by atoms with Crippen LogP contribution >= 0.6 is 0 Å². The van der Waals surface area contributed by atoms with Crippen molar-refractivity contribution in [2.75, 3.05) is 11.9 Å². The van der Waals surface area contributed by atoms with Crippen molar-refractivity contribution in [2.24, 2.45) is 0 Å². The molecule has 0 aliphatic carbocycles. The van der Waals surface area contributed by atoms with E-state index in [0.717, 1.165) is 7.05 Å². The predicted molar refractivity (Wildman–Crippen MR) is 56.3 cm³/mol. The van der Waals surface area contributed by atoms with Crippen LogP contribution in [0, 0.1) is 0 Å². The summed E-state index contributed by atoms with van der Waals surface area (Å²) in [5.74, 6) is -2.02. The third-order valence-electron chi connectivity index (χ3n) is 2.02. The Morgan fingerprint density at radius 3 is 2.18 bits per heavy atom. The molecule has 8 heteroatoms. The zero-order chi connectivity index (χ0) is 13.3. The molecule has 0 saturated heterocycles. The summed E-state index contributed by atoms with van der Waals surface area (Å²) in [7, 11) is -4.80. The molecule has 0 bridgehead atoms. The summed E-state index contributed by atoms with van der Waals surface area (Å²) in [4.78, 5) is 11.7. The van der Waals surface area contributed by atoms with Crippen LogP contribution in [0.5, 0.6) is 0 Å². The van der Waals surface area contributed by atoms with Gasteiger partial charge in [-0.25, -0.2) is 0 Å². The lowest BCUT2D eigenvalue weighted by Gasteiger charge is -2.21. The molecule has 1 N–H and O–H groups in total. The first-order valence-corrected chi connectivity index (χ1v) is 5.80. The van der Waals surface area contributed by atoms with Gasteiger partial charge in [-0.3, -0.25) is 9.35 Å². The van der Waals surface area contributed by atoms with E-state index in [9.17, 15) is 22.0 Å². The van der Waals surface area contributed by atoms with Gasteiger partial charge in [-0.15, -0.1) is 0 Å². The molecule has 1 rings (SSSR count). The minimum absolute atomic E-state index is 0.0841. The summed E-state index contributed by atoms with van der Waals surface area (Å²) in [5, 5.41) is -4.86. The van der Waals surface area contributed by atoms with Crippen molar-refractivity contribution in [2.45, 2.75) is 5.25 Å². The average molecular weight is 265 g/mol. The van der Waals surface area contributed by atoms with E-state index in [1.165, 1.54) is 24.3 Å². The Morgan fingerprint density at radius 2 is 1.76 bits per heavy atom. The van der Waals surface area contributed by atoms with Gasteiger partial charge in [0, 0.05) is 12.7 Å². The highest BCUT2D eigenvalue weighted by atomic mass is 32.2. The second kappa shape index (κ2) is 4.38. The molecule has 1 amide bonds. The van der Waals surface area contributed by atoms with Gasteiger partial charge in [0.15, 0.2) is 0 Å². The van der Waals surface area contributed by atoms with Crippen molar-refractivity contribution in [1.82, 2.24) is 0 Å². The largest absolute Gasteiger partial charge is 0.447 e. The molecule has 0 unspecified atom stereocenters. The Hall–Kier alpha value is -1.54. The average Bonchev–Trinajstić information content (AvgIpc) is 2.26. The number of halogens is 2. The molecular formula is C9H9F2NO4S. The minimum Gasteiger partial charge on any atom is -0.309 e. The predicted octanol–water partition coefficient (Wildman–Crippen LogP) is 1.13. The number of para-hydroxylation sites is 1. The van der Waals surface area contributed by atoms with Crippen molar-refractivity contribution in [3.8, 4) is 0 Å². The van der Waals surface area contributed by atoms with Gasteiger partial charge in [-0.05, 0) is 12.1 Å². The molecule has 0 saturated carbocycles. The second-order valence-electron chi connectivity index (χ2n) is 3.19. The third-order valence-corrected chi connectivity index (χ3v) is 2.84. The lowest BCUT2D eigenvalue weighted by Crippen LogP contribution is -2.46. The number of carbonyl (C=O) groups excluding carboxylic acids is 1. The number of nitrogens with zero attached hydrogens (tertiary/aromatic N) is 1. The van der Waals surface area contributed by atoms with E-state index in [1.54, 1.807) is 6.07 Å². The van der Waals surface area contributed by atoms with Gasteiger partial charge in [-0.1, -0.05) is 18.2 Å². The number of anilines is 1. The van der Waals surface area contributed by atoms with Crippen LogP contribution in [0.4, 0.5) is 14.5 Å². The fourth-order valence-corrected chi connectivity index (χ4v) is 1.43. The molecule has 0 aromatic heterocycles. The van der Waals surface area contributed by atoms with Crippen LogP contribution in [0.15, 0.2) is 30.3 Å². The minimum atomic E-state index is -5.78. The van der Waals surface area contributed by atoms with E-state index in [0.29, 0.717) is 4.90 Å². The van der Waals surface area contributed by atoms with Gasteiger partial charge in [-0.2, -0.15) is 17.2 Å². The Morgan fingerprint density at radius 1 is 1.29 bits per heavy atom.